The van der Waals surface area contributed by atoms with Gasteiger partial charge in [-0.05, 0) is 13.8 Å². The van der Waals surface area contributed by atoms with E-state index in [0.29, 0.717) is 0 Å². The van der Waals surface area contributed by atoms with E-state index in [1.54, 1.807) is 18.7 Å². The molecule has 0 aromatic carbocycles. The number of hydrogen-bond donors (Lipinski definition) is 3. The predicted molar refractivity (Wildman–Crippen MR) is 73.8 cm³/mol. The van der Waals surface area contributed by atoms with E-state index in [-0.39, 0.29) is 28.1 Å². The Morgan fingerprint density at radius 2 is 1.44 bits per heavy atom. The summed E-state index contributed by atoms with van der Waals surface area (Å²) < 4.78 is 0. The number of aromatic nitrogens is 2. The van der Waals surface area contributed by atoms with Crippen LogP contribution in [-0.2, 0) is 9.59 Å². The van der Waals surface area contributed by atoms with Gasteiger partial charge in [-0.1, -0.05) is 13.2 Å². The number of imidazole rings is 1. The molecule has 3 N–H and O–H groups in total. The first-order valence-electron chi connectivity index (χ1n) is 4.49. The quantitative estimate of drug-likeness (QED) is 0.725. The molecule has 0 bridgehead atoms. The van der Waals surface area contributed by atoms with Crippen LogP contribution in [0, 0.1) is 0 Å². The fourth-order valence-electron chi connectivity index (χ4n) is 0.215. The molecule has 102 valence electrons. The number of rotatable bonds is 2. The van der Waals surface area contributed by atoms with Crippen molar-refractivity contribution in [3.63, 3.8) is 0 Å². The normalized spacial score (nSPS) is 7.22. The van der Waals surface area contributed by atoms with E-state index in [2.05, 4.69) is 23.1 Å². The van der Waals surface area contributed by atoms with Crippen LogP contribution < -0.4 is 0 Å². The Balaban J connectivity index is -0.000000183. The highest BCUT2D eigenvalue weighted by Crippen LogP contribution is 1.81. The number of nitrogens with zero attached hydrogens (tertiary/aromatic N) is 1. The Bertz CT molecular complexity index is 309. The molecule has 0 fully saturated rings. The number of H-pyrrole nitrogens is 1. The lowest BCUT2D eigenvalue weighted by Gasteiger charge is -1.79. The number of carbonyl (C=O) groups is 2. The molecular weight excluding hydrogens is 304 g/mol. The molecule has 0 aliphatic heterocycles. The van der Waals surface area contributed by atoms with Gasteiger partial charge in [0.05, 0.1) is 6.33 Å². The highest BCUT2D eigenvalue weighted by atomic mass is 79.9. The number of carboxylic acids is 2. The second-order valence-corrected chi connectivity index (χ2v) is 2.93. The van der Waals surface area contributed by atoms with Gasteiger partial charge in [0, 0.05) is 23.5 Å². The summed E-state index contributed by atoms with van der Waals surface area (Å²) in [5, 5.41) is 15.8. The fraction of sp³-hybridized carbons (Fsp3) is 0.182. The van der Waals surface area contributed by atoms with Gasteiger partial charge in [0.2, 0.25) is 0 Å². The summed E-state index contributed by atoms with van der Waals surface area (Å²) in [6.45, 7) is 9.20. The van der Waals surface area contributed by atoms with Crippen LogP contribution in [0.1, 0.15) is 13.8 Å². The number of carboxylic acid groups (broad SMARTS) is 2. The molecule has 0 saturated carbocycles. The summed E-state index contributed by atoms with van der Waals surface area (Å²) in [4.78, 5) is 25.6. The summed E-state index contributed by atoms with van der Waals surface area (Å²) in [5.74, 6) is -1.87. The van der Waals surface area contributed by atoms with E-state index in [0.717, 1.165) is 0 Å². The number of hydrogen-bond acceptors (Lipinski definition) is 3. The van der Waals surface area contributed by atoms with Crippen molar-refractivity contribution >= 4 is 28.9 Å². The zero-order valence-corrected chi connectivity index (χ0v) is 11.9. The van der Waals surface area contributed by atoms with Crippen molar-refractivity contribution in [1.29, 1.82) is 0 Å². The van der Waals surface area contributed by atoms with Crippen LogP contribution in [-0.4, -0.2) is 32.1 Å². The van der Waals surface area contributed by atoms with Gasteiger partial charge in [-0.25, -0.2) is 14.6 Å². The Morgan fingerprint density at radius 1 is 1.11 bits per heavy atom. The topological polar surface area (TPSA) is 103 Å². The smallest absolute Gasteiger partial charge is 0.330 e. The van der Waals surface area contributed by atoms with E-state index in [4.69, 9.17) is 10.2 Å². The monoisotopic (exact) mass is 320 g/mol. The van der Waals surface area contributed by atoms with Gasteiger partial charge in [-0.3, -0.25) is 0 Å². The molecule has 0 aliphatic rings. The van der Waals surface area contributed by atoms with E-state index in [1.807, 2.05) is 0 Å². The van der Waals surface area contributed by atoms with Crippen molar-refractivity contribution < 1.29 is 19.8 Å². The number of aliphatic carboxylic acids is 2. The zero-order chi connectivity index (χ0) is 13.8. The van der Waals surface area contributed by atoms with Crippen LogP contribution in [0.4, 0.5) is 0 Å². The van der Waals surface area contributed by atoms with Crippen LogP contribution in [0.5, 0.6) is 0 Å². The lowest BCUT2D eigenvalue weighted by atomic mass is 10.4. The number of halogens is 1. The third kappa shape index (κ3) is 19.6. The third-order valence-electron chi connectivity index (χ3n) is 1.14. The maximum absolute atomic E-state index is 9.60. The van der Waals surface area contributed by atoms with E-state index in [1.165, 1.54) is 13.8 Å². The molecule has 6 nitrogen and oxygen atoms in total. The highest BCUT2D eigenvalue weighted by molar-refractivity contribution is 8.93. The van der Waals surface area contributed by atoms with E-state index in [9.17, 15) is 9.59 Å². The van der Waals surface area contributed by atoms with Gasteiger partial charge < -0.3 is 15.2 Å². The van der Waals surface area contributed by atoms with Gasteiger partial charge in [0.15, 0.2) is 0 Å². The maximum atomic E-state index is 9.60. The van der Waals surface area contributed by atoms with Crippen molar-refractivity contribution in [1.82, 2.24) is 9.97 Å². The summed E-state index contributed by atoms with van der Waals surface area (Å²) in [7, 11) is 0. The molecule has 0 unspecified atom stereocenters. The molecular formula is C11H17BrN2O4. The summed E-state index contributed by atoms with van der Waals surface area (Å²) >= 11 is 0. The molecule has 0 amide bonds. The highest BCUT2D eigenvalue weighted by Gasteiger charge is 1.90. The Kier molecular flexibility index (Phi) is 15.7. The Morgan fingerprint density at radius 3 is 1.50 bits per heavy atom. The molecule has 18 heavy (non-hydrogen) atoms. The Labute approximate surface area is 116 Å². The molecule has 0 spiro atoms. The third-order valence-corrected chi connectivity index (χ3v) is 1.14. The zero-order valence-electron chi connectivity index (χ0n) is 10.2. The second-order valence-electron chi connectivity index (χ2n) is 2.93. The minimum atomic E-state index is -0.935. The lowest BCUT2D eigenvalue weighted by molar-refractivity contribution is -0.133. The van der Waals surface area contributed by atoms with Crippen molar-refractivity contribution in [2.45, 2.75) is 13.8 Å². The van der Waals surface area contributed by atoms with Crippen molar-refractivity contribution in [2.24, 2.45) is 0 Å². The number of aromatic amines is 1. The summed E-state index contributed by atoms with van der Waals surface area (Å²) in [5.41, 5.74) is 0.352. The first kappa shape index (κ1) is 21.4. The van der Waals surface area contributed by atoms with Crippen LogP contribution in [0.3, 0.4) is 0 Å². The minimum Gasteiger partial charge on any atom is -0.478 e. The van der Waals surface area contributed by atoms with Gasteiger partial charge in [0.25, 0.3) is 0 Å². The molecule has 0 radical (unpaired) electrons. The minimum absolute atomic E-state index is 0. The van der Waals surface area contributed by atoms with Gasteiger partial charge in [0.1, 0.15) is 0 Å². The molecule has 1 rings (SSSR count). The molecule has 1 heterocycles. The van der Waals surface area contributed by atoms with Gasteiger partial charge in [-0.15, -0.1) is 17.0 Å². The molecule has 0 saturated heterocycles. The van der Waals surface area contributed by atoms with Gasteiger partial charge in [-0.2, -0.15) is 0 Å². The molecule has 1 aromatic heterocycles. The first-order chi connectivity index (χ1) is 7.79. The standard InChI is InChI=1S/2C4H6O2.C3H4N2.BrH/c2*1-3(2)4(5)6;1-2-5-3-4-1;/h2*1H2,2H3,(H,5,6);1-3H,(H,4,5);1H. The predicted octanol–water partition coefficient (Wildman–Crippen LogP) is 2.28. The van der Waals surface area contributed by atoms with Crippen molar-refractivity contribution in [3.05, 3.63) is 43.0 Å². The fourth-order valence-corrected chi connectivity index (χ4v) is 0.215. The van der Waals surface area contributed by atoms with Crippen LogP contribution in [0.2, 0.25) is 0 Å². The molecule has 1 aromatic rings. The largest absolute Gasteiger partial charge is 0.478 e. The summed E-state index contributed by atoms with van der Waals surface area (Å²) in [6, 6.07) is 0. The second kappa shape index (κ2) is 13.2. The van der Waals surface area contributed by atoms with Crippen LogP contribution >= 0.6 is 17.0 Å². The first-order valence-corrected chi connectivity index (χ1v) is 4.49. The van der Waals surface area contributed by atoms with Crippen molar-refractivity contribution in [2.75, 3.05) is 0 Å². The maximum Gasteiger partial charge on any atom is 0.330 e. The van der Waals surface area contributed by atoms with Crippen LogP contribution in [0.15, 0.2) is 43.0 Å². The van der Waals surface area contributed by atoms with Gasteiger partial charge >= 0.3 is 11.9 Å². The molecule has 0 atom stereocenters. The number of nitrogens with one attached hydrogen (secondary N) is 1. The summed E-state index contributed by atoms with van der Waals surface area (Å²) in [6.07, 6.45) is 5.08. The van der Waals surface area contributed by atoms with E-state index < -0.39 is 11.9 Å². The van der Waals surface area contributed by atoms with E-state index >= 15 is 0 Å². The average molecular weight is 321 g/mol. The molecule has 0 aliphatic carbocycles. The Hall–Kier alpha value is -1.89. The lowest BCUT2D eigenvalue weighted by Crippen LogP contribution is -1.92. The average Bonchev–Trinajstić information content (AvgIpc) is 2.75. The van der Waals surface area contributed by atoms with Crippen LogP contribution in [0.25, 0.3) is 0 Å². The molecule has 7 heteroatoms. The van der Waals surface area contributed by atoms with Crippen molar-refractivity contribution in [3.8, 4) is 0 Å². The SMILES string of the molecule is Br.C=C(C)C(=O)O.C=C(C)C(=O)O.c1c[nH]cn1.